The van der Waals surface area contributed by atoms with Gasteiger partial charge in [0.15, 0.2) is 0 Å². The number of carboxylic acid groups (broad SMARTS) is 1. The molecule has 0 aromatic carbocycles. The van der Waals surface area contributed by atoms with E-state index in [1.807, 2.05) is 0 Å². The highest BCUT2D eigenvalue weighted by Crippen LogP contribution is 2.33. The van der Waals surface area contributed by atoms with Crippen LogP contribution in [0.3, 0.4) is 0 Å². The SMILES string of the molecule is O=C(O)[C@@H]1[C@@H](O)[C@H](O)[C@H]2[C@@H](O)CCN21. The van der Waals surface area contributed by atoms with Crippen molar-refractivity contribution in [3.8, 4) is 0 Å². The first-order valence-electron chi connectivity index (χ1n) is 4.57. The summed E-state index contributed by atoms with van der Waals surface area (Å²) in [6.45, 7) is 0.400. The number of aliphatic hydroxyl groups excluding tert-OH is 3. The second-order valence-electron chi connectivity index (χ2n) is 3.85. The molecule has 0 aromatic rings. The predicted octanol–water partition coefficient (Wildman–Crippen LogP) is -2.39. The Morgan fingerprint density at radius 2 is 1.86 bits per heavy atom. The largest absolute Gasteiger partial charge is 0.480 e. The molecule has 0 radical (unpaired) electrons. The van der Waals surface area contributed by atoms with Gasteiger partial charge in [0.1, 0.15) is 18.2 Å². The van der Waals surface area contributed by atoms with Gasteiger partial charge in [-0.3, -0.25) is 9.69 Å². The number of carboxylic acids is 1. The van der Waals surface area contributed by atoms with E-state index in [-0.39, 0.29) is 0 Å². The van der Waals surface area contributed by atoms with Crippen LogP contribution in [0.25, 0.3) is 0 Å². The average Bonchev–Trinajstić information content (AvgIpc) is 2.56. The molecular weight excluding hydrogens is 190 g/mol. The molecule has 0 aliphatic carbocycles. The van der Waals surface area contributed by atoms with Crippen LogP contribution in [0.2, 0.25) is 0 Å². The van der Waals surface area contributed by atoms with Crippen molar-refractivity contribution in [3.05, 3.63) is 0 Å². The van der Waals surface area contributed by atoms with Crippen LogP contribution in [0.4, 0.5) is 0 Å². The third kappa shape index (κ3) is 1.15. The van der Waals surface area contributed by atoms with Gasteiger partial charge in [-0.05, 0) is 6.42 Å². The van der Waals surface area contributed by atoms with Crippen molar-refractivity contribution in [1.29, 1.82) is 0 Å². The molecule has 0 unspecified atom stereocenters. The van der Waals surface area contributed by atoms with Crippen molar-refractivity contribution in [1.82, 2.24) is 4.90 Å². The molecular formula is C8H13NO5. The summed E-state index contributed by atoms with van der Waals surface area (Å²) < 4.78 is 0. The van der Waals surface area contributed by atoms with Crippen LogP contribution in [-0.2, 0) is 4.79 Å². The van der Waals surface area contributed by atoms with Gasteiger partial charge in [0.05, 0.1) is 12.1 Å². The zero-order chi connectivity index (χ0) is 10.5. The number of hydrogen-bond donors (Lipinski definition) is 4. The number of aliphatic carboxylic acids is 1. The Labute approximate surface area is 80.4 Å². The molecule has 2 aliphatic heterocycles. The van der Waals surface area contributed by atoms with E-state index in [2.05, 4.69) is 0 Å². The molecule has 0 aromatic heterocycles. The first-order chi connectivity index (χ1) is 6.54. The molecule has 2 rings (SSSR count). The smallest absolute Gasteiger partial charge is 0.323 e. The fourth-order valence-corrected chi connectivity index (χ4v) is 2.44. The molecule has 14 heavy (non-hydrogen) atoms. The summed E-state index contributed by atoms with van der Waals surface area (Å²) >= 11 is 0. The van der Waals surface area contributed by atoms with Crippen molar-refractivity contribution in [2.45, 2.75) is 36.8 Å². The van der Waals surface area contributed by atoms with E-state index in [1.165, 1.54) is 4.90 Å². The van der Waals surface area contributed by atoms with Crippen LogP contribution in [0.15, 0.2) is 0 Å². The lowest BCUT2D eigenvalue weighted by Gasteiger charge is -2.20. The van der Waals surface area contributed by atoms with Crippen LogP contribution in [0.5, 0.6) is 0 Å². The lowest BCUT2D eigenvalue weighted by Crippen LogP contribution is -2.42. The second kappa shape index (κ2) is 3.16. The minimum absolute atomic E-state index is 0.400. The molecule has 2 fully saturated rings. The van der Waals surface area contributed by atoms with E-state index in [0.717, 1.165) is 0 Å². The normalized spacial score (nSPS) is 48.1. The van der Waals surface area contributed by atoms with Gasteiger partial charge in [0.25, 0.3) is 0 Å². The number of aliphatic hydroxyl groups is 3. The first-order valence-corrected chi connectivity index (χ1v) is 4.57. The van der Waals surface area contributed by atoms with Crippen molar-refractivity contribution < 1.29 is 25.2 Å². The number of hydrogen-bond acceptors (Lipinski definition) is 5. The molecule has 5 atom stereocenters. The van der Waals surface area contributed by atoms with Crippen LogP contribution in [0, 0.1) is 0 Å². The average molecular weight is 203 g/mol. The van der Waals surface area contributed by atoms with E-state index in [9.17, 15) is 20.1 Å². The minimum Gasteiger partial charge on any atom is -0.480 e. The number of carbonyl (C=O) groups is 1. The van der Waals surface area contributed by atoms with Gasteiger partial charge >= 0.3 is 5.97 Å². The van der Waals surface area contributed by atoms with E-state index in [1.54, 1.807) is 0 Å². The summed E-state index contributed by atoms with van der Waals surface area (Å²) in [6, 6.07) is -1.72. The summed E-state index contributed by atoms with van der Waals surface area (Å²) in [6.07, 6.45) is -2.79. The molecule has 4 N–H and O–H groups in total. The van der Waals surface area contributed by atoms with Crippen molar-refractivity contribution in [3.63, 3.8) is 0 Å². The summed E-state index contributed by atoms with van der Waals surface area (Å²) in [7, 11) is 0. The van der Waals surface area contributed by atoms with Crippen molar-refractivity contribution >= 4 is 5.97 Å². The van der Waals surface area contributed by atoms with Crippen LogP contribution in [0.1, 0.15) is 6.42 Å². The number of fused-ring (bicyclic) bond motifs is 1. The monoisotopic (exact) mass is 203 g/mol. The van der Waals surface area contributed by atoms with E-state index >= 15 is 0 Å². The Morgan fingerprint density at radius 3 is 2.43 bits per heavy atom. The van der Waals surface area contributed by atoms with Crippen LogP contribution >= 0.6 is 0 Å². The maximum atomic E-state index is 10.8. The summed E-state index contributed by atoms with van der Waals surface area (Å²) in [4.78, 5) is 12.3. The molecule has 2 saturated heterocycles. The number of rotatable bonds is 1. The maximum Gasteiger partial charge on any atom is 0.323 e. The van der Waals surface area contributed by atoms with Crippen molar-refractivity contribution in [2.24, 2.45) is 0 Å². The third-order valence-corrected chi connectivity index (χ3v) is 3.09. The van der Waals surface area contributed by atoms with Gasteiger partial charge in [-0.1, -0.05) is 0 Å². The maximum absolute atomic E-state index is 10.8. The molecule has 2 aliphatic rings. The molecule has 0 bridgehead atoms. The fraction of sp³-hybridized carbons (Fsp3) is 0.875. The Bertz CT molecular complexity index is 258. The summed E-state index contributed by atoms with van der Waals surface area (Å²) in [5, 5.41) is 37.3. The molecule has 0 spiro atoms. The number of nitrogens with zero attached hydrogens (tertiary/aromatic N) is 1. The highest BCUT2D eigenvalue weighted by molar-refractivity contribution is 5.75. The highest BCUT2D eigenvalue weighted by Gasteiger charge is 2.55. The topological polar surface area (TPSA) is 101 Å². The quantitative estimate of drug-likeness (QED) is 0.379. The van der Waals surface area contributed by atoms with Crippen molar-refractivity contribution in [2.75, 3.05) is 6.54 Å². The van der Waals surface area contributed by atoms with Gasteiger partial charge in [-0.2, -0.15) is 0 Å². The minimum atomic E-state index is -1.31. The standard InChI is InChI=1S/C8H13NO5/c10-3-1-2-9-4(3)6(11)7(12)5(9)8(13)14/h3-7,10-12H,1-2H2,(H,13,14)/t3-,4+,5-,6+,7+/m0/s1. The molecule has 2 heterocycles. The van der Waals surface area contributed by atoms with Gasteiger partial charge in [0, 0.05) is 6.54 Å². The Hall–Kier alpha value is -0.690. The van der Waals surface area contributed by atoms with E-state index in [0.29, 0.717) is 13.0 Å². The lowest BCUT2D eigenvalue weighted by molar-refractivity contribution is -0.145. The Kier molecular flexibility index (Phi) is 2.23. The molecule has 80 valence electrons. The van der Waals surface area contributed by atoms with Crippen LogP contribution in [-0.4, -0.2) is 68.2 Å². The van der Waals surface area contributed by atoms with Gasteiger partial charge in [0.2, 0.25) is 0 Å². The van der Waals surface area contributed by atoms with Gasteiger partial charge in [-0.15, -0.1) is 0 Å². The second-order valence-corrected chi connectivity index (χ2v) is 3.85. The lowest BCUT2D eigenvalue weighted by atomic mass is 10.0. The summed E-state index contributed by atoms with van der Waals surface area (Å²) in [5.41, 5.74) is 0. The highest BCUT2D eigenvalue weighted by atomic mass is 16.4. The van der Waals surface area contributed by atoms with Gasteiger partial charge in [-0.25, -0.2) is 0 Å². The molecule has 6 heteroatoms. The molecule has 0 amide bonds. The fourth-order valence-electron chi connectivity index (χ4n) is 2.44. The van der Waals surface area contributed by atoms with Gasteiger partial charge < -0.3 is 20.4 Å². The molecule has 0 saturated carbocycles. The Morgan fingerprint density at radius 1 is 1.21 bits per heavy atom. The summed E-state index contributed by atoms with van der Waals surface area (Å²) in [5.74, 6) is -1.16. The Balaban J connectivity index is 2.26. The zero-order valence-electron chi connectivity index (χ0n) is 7.45. The third-order valence-electron chi connectivity index (χ3n) is 3.09. The molecule has 6 nitrogen and oxygen atoms in total. The predicted molar refractivity (Wildman–Crippen MR) is 44.6 cm³/mol. The van der Waals surface area contributed by atoms with E-state index < -0.39 is 36.4 Å². The van der Waals surface area contributed by atoms with E-state index in [4.69, 9.17) is 5.11 Å². The zero-order valence-corrected chi connectivity index (χ0v) is 7.45. The first kappa shape index (κ1) is 9.85. The van der Waals surface area contributed by atoms with Crippen LogP contribution < -0.4 is 0 Å².